The van der Waals surface area contributed by atoms with Crippen molar-refractivity contribution >= 4 is 23.2 Å². The van der Waals surface area contributed by atoms with Crippen LogP contribution in [0.15, 0.2) is 52.0 Å². The zero-order valence-corrected chi connectivity index (χ0v) is 19.2. The van der Waals surface area contributed by atoms with Crippen LogP contribution in [0.5, 0.6) is 5.75 Å². The van der Waals surface area contributed by atoms with Crippen molar-refractivity contribution in [3.8, 4) is 5.75 Å². The Hall–Kier alpha value is -3.87. The molecular weight excluding hydrogens is 418 g/mol. The minimum atomic E-state index is -0.331. The van der Waals surface area contributed by atoms with Crippen molar-refractivity contribution in [1.82, 2.24) is 5.43 Å². The molecule has 4 rings (SSSR count). The molecule has 170 valence electrons. The molecule has 2 amide bonds. The number of amides is 2. The Morgan fingerprint density at radius 1 is 1.03 bits per heavy atom. The highest BCUT2D eigenvalue weighted by Gasteiger charge is 2.28. The van der Waals surface area contributed by atoms with Gasteiger partial charge in [-0.3, -0.25) is 9.59 Å². The minimum absolute atomic E-state index is 0.273. The monoisotopic (exact) mass is 445 g/mol. The molecule has 7 heteroatoms. The summed E-state index contributed by atoms with van der Waals surface area (Å²) in [6.45, 7) is 5.78. The summed E-state index contributed by atoms with van der Waals surface area (Å²) < 4.78 is 11.1. The molecule has 0 atom stereocenters. The van der Waals surface area contributed by atoms with Gasteiger partial charge in [0.15, 0.2) is 5.76 Å². The molecule has 0 saturated heterocycles. The number of fused-ring (bicyclic) bond motifs is 1. The Bertz CT molecular complexity index is 1260. The number of aryl methyl sites for hydroxylation is 3. The van der Waals surface area contributed by atoms with Gasteiger partial charge >= 0.3 is 0 Å². The maximum Gasteiger partial charge on any atom is 0.291 e. The third-order valence-electron chi connectivity index (χ3n) is 5.80. The third-order valence-corrected chi connectivity index (χ3v) is 5.80. The molecule has 0 saturated carbocycles. The summed E-state index contributed by atoms with van der Waals surface area (Å²) >= 11 is 0. The van der Waals surface area contributed by atoms with E-state index in [4.69, 9.17) is 9.15 Å². The number of carbonyl (C=O) groups excluding carboxylic acids is 2. The largest absolute Gasteiger partial charge is 0.497 e. The number of hydrogen-bond donors (Lipinski definition) is 2. The molecule has 2 N–H and O–H groups in total. The number of hydrogen-bond acceptors (Lipinski definition) is 5. The number of methoxy groups -OCH3 is 1. The molecule has 3 aromatic rings. The first-order chi connectivity index (χ1) is 15.9. The predicted molar refractivity (Wildman–Crippen MR) is 127 cm³/mol. The van der Waals surface area contributed by atoms with E-state index in [2.05, 4.69) is 15.8 Å². The smallest absolute Gasteiger partial charge is 0.291 e. The first kappa shape index (κ1) is 22.3. The van der Waals surface area contributed by atoms with E-state index in [0.717, 1.165) is 46.5 Å². The van der Waals surface area contributed by atoms with Crippen molar-refractivity contribution in [3.05, 3.63) is 81.8 Å². The number of anilines is 1. The molecule has 7 nitrogen and oxygen atoms in total. The summed E-state index contributed by atoms with van der Waals surface area (Å²) in [5.74, 6) is 0.965. The van der Waals surface area contributed by atoms with Gasteiger partial charge in [0.25, 0.3) is 11.8 Å². The van der Waals surface area contributed by atoms with Crippen LogP contribution in [-0.2, 0) is 6.42 Å². The van der Waals surface area contributed by atoms with E-state index in [0.29, 0.717) is 23.4 Å². The van der Waals surface area contributed by atoms with Gasteiger partial charge in [0.2, 0.25) is 0 Å². The van der Waals surface area contributed by atoms with Gasteiger partial charge in [-0.25, -0.2) is 5.43 Å². The lowest BCUT2D eigenvalue weighted by molar-refractivity contribution is 0.0953. The second-order valence-corrected chi connectivity index (χ2v) is 8.21. The second-order valence-electron chi connectivity index (χ2n) is 8.21. The lowest BCUT2D eigenvalue weighted by Crippen LogP contribution is -2.22. The van der Waals surface area contributed by atoms with Crippen LogP contribution in [0.4, 0.5) is 5.69 Å². The van der Waals surface area contributed by atoms with Crippen LogP contribution in [0.25, 0.3) is 0 Å². The molecule has 1 heterocycles. The van der Waals surface area contributed by atoms with Gasteiger partial charge in [-0.05, 0) is 69.0 Å². The molecule has 1 aromatic heterocycles. The second kappa shape index (κ2) is 9.32. The summed E-state index contributed by atoms with van der Waals surface area (Å²) in [6, 6.07) is 12.8. The third kappa shape index (κ3) is 4.67. The summed E-state index contributed by atoms with van der Waals surface area (Å²) in [5.41, 5.74) is 8.12. The van der Waals surface area contributed by atoms with Crippen LogP contribution in [0.2, 0.25) is 0 Å². The average molecular weight is 446 g/mol. The number of carbonyl (C=O) groups is 2. The van der Waals surface area contributed by atoms with E-state index in [1.54, 1.807) is 31.4 Å². The molecule has 0 spiro atoms. The topological polar surface area (TPSA) is 92.9 Å². The summed E-state index contributed by atoms with van der Waals surface area (Å²) in [5, 5.41) is 7.34. The number of nitrogens with one attached hydrogen (secondary N) is 2. The van der Waals surface area contributed by atoms with E-state index >= 15 is 0 Å². The Labute approximate surface area is 192 Å². The minimum Gasteiger partial charge on any atom is -0.497 e. The summed E-state index contributed by atoms with van der Waals surface area (Å²) in [4.78, 5) is 25.6. The van der Waals surface area contributed by atoms with E-state index < -0.39 is 0 Å². The van der Waals surface area contributed by atoms with E-state index in [9.17, 15) is 9.59 Å². The van der Waals surface area contributed by atoms with Crippen LogP contribution < -0.4 is 15.5 Å². The highest BCUT2D eigenvalue weighted by Crippen LogP contribution is 2.30. The maximum absolute atomic E-state index is 13.0. The van der Waals surface area contributed by atoms with Gasteiger partial charge in [0.1, 0.15) is 11.5 Å². The molecular formula is C26H27N3O4. The number of furan rings is 1. The van der Waals surface area contributed by atoms with Gasteiger partial charge in [-0.15, -0.1) is 0 Å². The number of hydrazone groups is 1. The molecule has 0 aliphatic heterocycles. The lowest BCUT2D eigenvalue weighted by Gasteiger charge is -2.13. The van der Waals surface area contributed by atoms with E-state index in [-0.39, 0.29) is 17.6 Å². The van der Waals surface area contributed by atoms with Crippen LogP contribution >= 0.6 is 0 Å². The SMILES string of the molecule is COc1cccc(C(=O)N/N=C2\CCCc3oc(C(=O)Nc4cc(C)ccc4C)c(C)c32)c1. The lowest BCUT2D eigenvalue weighted by atomic mass is 9.93. The Morgan fingerprint density at radius 3 is 2.64 bits per heavy atom. The zero-order valence-electron chi connectivity index (χ0n) is 19.2. The molecule has 1 aliphatic rings. The Kier molecular flexibility index (Phi) is 6.31. The van der Waals surface area contributed by atoms with Crippen LogP contribution in [-0.4, -0.2) is 24.6 Å². The van der Waals surface area contributed by atoms with Gasteiger partial charge in [0.05, 0.1) is 12.8 Å². The summed E-state index contributed by atoms with van der Waals surface area (Å²) in [7, 11) is 1.55. The molecule has 1 aliphatic carbocycles. The fraction of sp³-hybridized carbons (Fsp3) is 0.269. The van der Waals surface area contributed by atoms with Gasteiger partial charge in [-0.1, -0.05) is 18.2 Å². The molecule has 2 aromatic carbocycles. The van der Waals surface area contributed by atoms with Crippen LogP contribution in [0.3, 0.4) is 0 Å². The number of nitrogens with zero attached hydrogens (tertiary/aromatic N) is 1. The number of benzene rings is 2. The van der Waals surface area contributed by atoms with Crippen molar-refractivity contribution in [1.29, 1.82) is 0 Å². The first-order valence-electron chi connectivity index (χ1n) is 10.9. The fourth-order valence-corrected chi connectivity index (χ4v) is 3.99. The van der Waals surface area contributed by atoms with Gasteiger partial charge < -0.3 is 14.5 Å². The van der Waals surface area contributed by atoms with Crippen molar-refractivity contribution in [2.75, 3.05) is 12.4 Å². The van der Waals surface area contributed by atoms with Crippen LogP contribution in [0.1, 0.15) is 61.8 Å². The van der Waals surface area contributed by atoms with Crippen molar-refractivity contribution in [2.24, 2.45) is 5.10 Å². The molecule has 33 heavy (non-hydrogen) atoms. The van der Waals surface area contributed by atoms with Gasteiger partial charge in [-0.2, -0.15) is 5.10 Å². The quantitative estimate of drug-likeness (QED) is 0.544. The zero-order chi connectivity index (χ0) is 23.5. The highest BCUT2D eigenvalue weighted by atomic mass is 16.5. The Balaban J connectivity index is 1.57. The fourth-order valence-electron chi connectivity index (χ4n) is 3.99. The van der Waals surface area contributed by atoms with Crippen molar-refractivity contribution in [2.45, 2.75) is 40.0 Å². The highest BCUT2D eigenvalue weighted by molar-refractivity contribution is 6.09. The Morgan fingerprint density at radius 2 is 1.85 bits per heavy atom. The normalized spacial score (nSPS) is 14.0. The predicted octanol–water partition coefficient (Wildman–Crippen LogP) is 4.94. The average Bonchev–Trinajstić information content (AvgIpc) is 3.17. The first-order valence-corrected chi connectivity index (χ1v) is 10.9. The van der Waals surface area contributed by atoms with E-state index in [1.807, 2.05) is 39.0 Å². The molecule has 0 unspecified atom stereocenters. The van der Waals surface area contributed by atoms with Crippen molar-refractivity contribution in [3.63, 3.8) is 0 Å². The van der Waals surface area contributed by atoms with E-state index in [1.165, 1.54) is 0 Å². The maximum atomic E-state index is 13.0. The standard InChI is InChI=1S/C26H27N3O4/c1-15-11-12-16(2)21(13-15)27-26(31)24-17(3)23-20(9-6-10-22(23)33-24)28-29-25(30)18-7-5-8-19(14-18)32-4/h5,7-8,11-14H,6,9-10H2,1-4H3,(H,27,31)(H,29,30)/b28-20+. The molecule has 0 bridgehead atoms. The summed E-state index contributed by atoms with van der Waals surface area (Å²) in [6.07, 6.45) is 2.23. The number of rotatable bonds is 5. The van der Waals surface area contributed by atoms with Crippen LogP contribution in [0, 0.1) is 20.8 Å². The molecule has 0 radical (unpaired) electrons. The van der Waals surface area contributed by atoms with Crippen molar-refractivity contribution < 1.29 is 18.7 Å². The molecule has 0 fully saturated rings. The number of ether oxygens (including phenoxy) is 1. The van der Waals surface area contributed by atoms with Gasteiger partial charge in [0, 0.05) is 28.8 Å².